The summed E-state index contributed by atoms with van der Waals surface area (Å²) in [4.78, 5) is 70.9. The van der Waals surface area contributed by atoms with Crippen molar-refractivity contribution in [3.63, 3.8) is 0 Å². The Labute approximate surface area is 295 Å². The maximum absolute atomic E-state index is 15.1. The van der Waals surface area contributed by atoms with Crippen molar-refractivity contribution >= 4 is 52.6 Å². The number of rotatable bonds is 6. The molecule has 0 bridgehead atoms. The number of carbonyl (C=O) groups excluding carboxylic acids is 4. The van der Waals surface area contributed by atoms with Crippen molar-refractivity contribution in [2.24, 2.45) is 23.7 Å². The molecule has 6 unspecified atom stereocenters. The number of halogens is 2. The van der Waals surface area contributed by atoms with Crippen molar-refractivity contribution in [3.05, 3.63) is 136 Å². The molecule has 4 aliphatic rings. The fraction of sp³-hybridized carbons (Fsp3) is 0.205. The Morgan fingerprint density at radius 3 is 2.25 bits per heavy atom. The number of phenolic OH excluding ortho intramolecular Hbond substituents is 1. The minimum absolute atomic E-state index is 0.00915. The van der Waals surface area contributed by atoms with Crippen LogP contribution in [0.5, 0.6) is 5.75 Å². The largest absolute Gasteiger partial charge is 0.508 e. The van der Waals surface area contributed by atoms with E-state index >= 15 is 4.79 Å². The average Bonchev–Trinajstić information content (AvgIpc) is 3.50. The molecule has 12 heteroatoms. The first-order valence-electron chi connectivity index (χ1n) is 16.4. The second kappa shape index (κ2) is 11.9. The normalized spacial score (nSPS) is 26.8. The predicted molar refractivity (Wildman–Crippen MR) is 183 cm³/mol. The Bertz CT molecular complexity index is 2170. The summed E-state index contributed by atoms with van der Waals surface area (Å²) >= 11 is 6.32. The van der Waals surface area contributed by atoms with Gasteiger partial charge in [-0.25, -0.2) is 9.18 Å². The zero-order valence-electron chi connectivity index (χ0n) is 26.7. The van der Waals surface area contributed by atoms with Crippen molar-refractivity contribution in [3.8, 4) is 5.75 Å². The van der Waals surface area contributed by atoms with Gasteiger partial charge in [0, 0.05) is 10.9 Å². The highest BCUT2D eigenvalue weighted by Crippen LogP contribution is 2.64. The van der Waals surface area contributed by atoms with Crippen LogP contribution in [0.4, 0.5) is 15.8 Å². The summed E-state index contributed by atoms with van der Waals surface area (Å²) < 4.78 is 13.8. The minimum Gasteiger partial charge on any atom is -0.508 e. The second-order valence-electron chi connectivity index (χ2n) is 13.3. The monoisotopic (exact) mass is 705 g/mol. The van der Waals surface area contributed by atoms with Gasteiger partial charge in [0.1, 0.15) is 11.6 Å². The number of allylic oxidation sites excluding steroid dienone is 2. The first-order chi connectivity index (χ1) is 24.5. The maximum atomic E-state index is 15.1. The number of amides is 4. The minimum atomic E-state index is -1.55. The first kappa shape index (κ1) is 32.4. The van der Waals surface area contributed by atoms with Crippen LogP contribution in [0, 0.1) is 29.5 Å². The topological polar surface area (TPSA) is 144 Å². The molecule has 2 heterocycles. The van der Waals surface area contributed by atoms with Crippen LogP contribution in [-0.4, -0.2) is 44.8 Å². The van der Waals surface area contributed by atoms with Crippen molar-refractivity contribution in [1.29, 1.82) is 0 Å². The number of nitrogens with one attached hydrogen (secondary N) is 1. The zero-order valence-corrected chi connectivity index (χ0v) is 27.5. The molecule has 6 atom stereocenters. The first-order valence-corrected chi connectivity index (χ1v) is 16.7. The Kier molecular flexibility index (Phi) is 7.57. The van der Waals surface area contributed by atoms with Gasteiger partial charge in [-0.2, -0.15) is 5.01 Å². The molecule has 2 aliphatic heterocycles. The summed E-state index contributed by atoms with van der Waals surface area (Å²) in [5.74, 6) is -8.00. The number of benzene rings is 4. The number of aromatic carboxylic acids is 1. The molecule has 256 valence electrons. The van der Waals surface area contributed by atoms with E-state index in [-0.39, 0.29) is 29.8 Å². The van der Waals surface area contributed by atoms with E-state index < -0.39 is 70.4 Å². The highest BCUT2D eigenvalue weighted by molar-refractivity contribution is 6.30. The second-order valence-corrected chi connectivity index (χ2v) is 13.8. The standard InChI is InChI=1S/C39H29ClFN3O7/c40-23-8-6-22(7-9-23)39-31(35(47)44(38(39)51)42-25-12-10-24(41)11-13-25)19-30-28(33(39)20-4-14-27(45)15-5-20)16-17-29-32(30)36(48)43(34(29)46)26-3-1-2-21(18-26)37(49)50/h1-16,18,29-33,42,45H,17,19H2,(H,49,50). The van der Waals surface area contributed by atoms with E-state index in [1.165, 1.54) is 60.7 Å². The summed E-state index contributed by atoms with van der Waals surface area (Å²) in [7, 11) is 0. The Balaban J connectivity index is 1.30. The lowest BCUT2D eigenvalue weighted by atomic mass is 9.49. The van der Waals surface area contributed by atoms with Gasteiger partial charge in [0.05, 0.1) is 40.1 Å². The molecule has 4 amide bonds. The number of anilines is 2. The molecule has 51 heavy (non-hydrogen) atoms. The lowest BCUT2D eigenvalue weighted by Crippen LogP contribution is -2.53. The third kappa shape index (κ3) is 4.86. The lowest BCUT2D eigenvalue weighted by Gasteiger charge is -2.50. The van der Waals surface area contributed by atoms with Crippen LogP contribution in [-0.2, 0) is 24.6 Å². The summed E-state index contributed by atoms with van der Waals surface area (Å²) in [6.45, 7) is 0. The van der Waals surface area contributed by atoms with Crippen LogP contribution in [0.15, 0.2) is 109 Å². The number of imide groups is 2. The molecule has 2 aliphatic carbocycles. The number of nitrogens with zero attached hydrogens (tertiary/aromatic N) is 2. The molecule has 3 N–H and O–H groups in total. The van der Waals surface area contributed by atoms with E-state index in [1.54, 1.807) is 36.4 Å². The van der Waals surface area contributed by atoms with E-state index in [1.807, 2.05) is 6.08 Å². The smallest absolute Gasteiger partial charge is 0.335 e. The van der Waals surface area contributed by atoms with Gasteiger partial charge in [0.15, 0.2) is 0 Å². The van der Waals surface area contributed by atoms with Crippen LogP contribution in [0.3, 0.4) is 0 Å². The highest BCUT2D eigenvalue weighted by Gasteiger charge is 2.70. The van der Waals surface area contributed by atoms with Gasteiger partial charge in [-0.05, 0) is 96.6 Å². The van der Waals surface area contributed by atoms with Gasteiger partial charge in [-0.15, -0.1) is 0 Å². The number of hydrogen-bond donors (Lipinski definition) is 3. The number of aromatic hydroxyl groups is 1. The molecule has 0 spiro atoms. The fourth-order valence-corrected chi connectivity index (χ4v) is 8.86. The number of hydrogen-bond acceptors (Lipinski definition) is 7. The number of carbonyl (C=O) groups is 5. The summed E-state index contributed by atoms with van der Waals surface area (Å²) in [6.07, 6.45) is 2.11. The van der Waals surface area contributed by atoms with E-state index in [0.717, 1.165) is 9.91 Å². The third-order valence-corrected chi connectivity index (χ3v) is 11.1. The van der Waals surface area contributed by atoms with Gasteiger partial charge >= 0.3 is 5.97 Å². The highest BCUT2D eigenvalue weighted by atomic mass is 35.5. The van der Waals surface area contributed by atoms with Gasteiger partial charge in [-0.3, -0.25) is 29.5 Å². The summed E-state index contributed by atoms with van der Waals surface area (Å²) in [5, 5.41) is 21.2. The number of carboxylic acid groups (broad SMARTS) is 1. The fourth-order valence-electron chi connectivity index (χ4n) is 8.73. The SMILES string of the molecule is O=C(O)c1cccc(N2C(=O)C3CC=C4C(CC5C(=O)N(Nc6ccc(F)cc6)C(=O)C5(c5ccc(Cl)cc5)C4c4ccc(O)cc4)C3C2=O)c1. The lowest BCUT2D eigenvalue weighted by molar-refractivity contribution is -0.138. The molecule has 1 saturated carbocycles. The Morgan fingerprint density at radius 2 is 1.57 bits per heavy atom. The van der Waals surface area contributed by atoms with Crippen LogP contribution >= 0.6 is 11.6 Å². The molecule has 3 fully saturated rings. The predicted octanol–water partition coefficient (Wildman–Crippen LogP) is 6.07. The Hall–Kier alpha value is -5.81. The van der Waals surface area contributed by atoms with E-state index in [2.05, 4.69) is 5.43 Å². The van der Waals surface area contributed by atoms with Gasteiger partial charge in [0.25, 0.3) is 11.8 Å². The molecular weight excluding hydrogens is 677 g/mol. The van der Waals surface area contributed by atoms with Crippen LogP contribution < -0.4 is 10.3 Å². The molecule has 0 aromatic heterocycles. The van der Waals surface area contributed by atoms with Gasteiger partial charge in [0.2, 0.25) is 11.8 Å². The van der Waals surface area contributed by atoms with Crippen molar-refractivity contribution in [2.45, 2.75) is 24.2 Å². The Morgan fingerprint density at radius 1 is 0.863 bits per heavy atom. The zero-order chi connectivity index (χ0) is 35.8. The molecule has 2 saturated heterocycles. The van der Waals surface area contributed by atoms with Crippen molar-refractivity contribution < 1.29 is 38.6 Å². The maximum Gasteiger partial charge on any atom is 0.335 e. The van der Waals surface area contributed by atoms with E-state index in [4.69, 9.17) is 11.6 Å². The molecule has 0 radical (unpaired) electrons. The van der Waals surface area contributed by atoms with Crippen molar-refractivity contribution in [1.82, 2.24) is 5.01 Å². The van der Waals surface area contributed by atoms with Crippen LogP contribution in [0.1, 0.15) is 40.2 Å². The van der Waals surface area contributed by atoms with E-state index in [0.29, 0.717) is 27.4 Å². The molecule has 8 rings (SSSR count). The average molecular weight is 706 g/mol. The molecule has 4 aromatic rings. The van der Waals surface area contributed by atoms with Crippen molar-refractivity contribution in [2.75, 3.05) is 10.3 Å². The number of phenols is 1. The number of carboxylic acids is 1. The molecular formula is C39H29ClFN3O7. The summed E-state index contributed by atoms with van der Waals surface area (Å²) in [6, 6.07) is 23.9. The van der Waals surface area contributed by atoms with Gasteiger partial charge in [-0.1, -0.05) is 53.6 Å². The van der Waals surface area contributed by atoms with E-state index in [9.17, 15) is 33.8 Å². The van der Waals surface area contributed by atoms with Crippen LogP contribution in [0.25, 0.3) is 0 Å². The quantitative estimate of drug-likeness (QED) is 0.162. The molecule has 10 nitrogen and oxygen atoms in total. The number of hydrazine groups is 1. The number of fused-ring (bicyclic) bond motifs is 4. The summed E-state index contributed by atoms with van der Waals surface area (Å²) in [5.41, 5.74) is 3.54. The van der Waals surface area contributed by atoms with Gasteiger partial charge < -0.3 is 10.2 Å². The molecule has 4 aromatic carbocycles. The third-order valence-electron chi connectivity index (χ3n) is 10.8. The van der Waals surface area contributed by atoms with Crippen LogP contribution in [0.2, 0.25) is 5.02 Å².